The molecule has 0 unspecified atom stereocenters. The van der Waals surface area contributed by atoms with E-state index in [0.717, 1.165) is 15.9 Å². The summed E-state index contributed by atoms with van der Waals surface area (Å²) >= 11 is 16.3. The predicted octanol–water partition coefficient (Wildman–Crippen LogP) is 5.88. The minimum atomic E-state index is -0.483. The summed E-state index contributed by atoms with van der Waals surface area (Å²) in [6.07, 6.45) is 1.93. The van der Waals surface area contributed by atoms with Crippen molar-refractivity contribution in [1.29, 1.82) is 0 Å². The summed E-state index contributed by atoms with van der Waals surface area (Å²) < 4.78 is 2.94. The van der Waals surface area contributed by atoms with Gasteiger partial charge in [0.15, 0.2) is 0 Å². The van der Waals surface area contributed by atoms with E-state index < -0.39 is 5.41 Å². The molecular formula is C19H17BrCl2N2O. The van der Waals surface area contributed by atoms with E-state index in [1.165, 1.54) is 0 Å². The van der Waals surface area contributed by atoms with Gasteiger partial charge in [-0.15, -0.1) is 0 Å². The third-order valence-corrected chi connectivity index (χ3v) is 5.24. The van der Waals surface area contributed by atoms with Crippen LogP contribution in [0.5, 0.6) is 0 Å². The zero-order chi connectivity index (χ0) is 18.2. The van der Waals surface area contributed by atoms with Crippen molar-refractivity contribution in [1.82, 2.24) is 9.55 Å². The molecule has 2 aromatic carbocycles. The molecule has 3 rings (SSSR count). The van der Waals surface area contributed by atoms with Crippen LogP contribution in [0.25, 0.3) is 17.1 Å². The first-order valence-corrected chi connectivity index (χ1v) is 9.29. The molecule has 6 heteroatoms. The van der Waals surface area contributed by atoms with Crippen LogP contribution < -0.4 is 0 Å². The first-order chi connectivity index (χ1) is 11.8. The zero-order valence-corrected chi connectivity index (χ0v) is 16.9. The van der Waals surface area contributed by atoms with Crippen LogP contribution in [0.2, 0.25) is 10.0 Å². The van der Waals surface area contributed by atoms with Crippen LogP contribution in [0.3, 0.4) is 0 Å². The lowest BCUT2D eigenvalue weighted by molar-refractivity contribution is 0.215. The topological polar surface area (TPSA) is 38.0 Å². The van der Waals surface area contributed by atoms with Crippen molar-refractivity contribution in [3.63, 3.8) is 0 Å². The summed E-state index contributed by atoms with van der Waals surface area (Å²) in [6.45, 7) is 3.87. The summed E-state index contributed by atoms with van der Waals surface area (Å²) in [6, 6.07) is 13.3. The molecule has 0 amide bonds. The Balaban J connectivity index is 2.28. The number of hydrogen-bond acceptors (Lipinski definition) is 2. The second-order valence-corrected chi connectivity index (χ2v) is 8.16. The number of aliphatic hydroxyl groups is 1. The molecule has 0 aliphatic heterocycles. The summed E-state index contributed by atoms with van der Waals surface area (Å²) in [4.78, 5) is 4.77. The molecule has 1 aromatic heterocycles. The SMILES string of the molecule is CC(C)(CO)c1cn(-c2ccc(Br)cc2)c(-c2c(Cl)cccc2Cl)n1. The smallest absolute Gasteiger partial charge is 0.147 e. The van der Waals surface area contributed by atoms with Gasteiger partial charge in [-0.1, -0.05) is 59.0 Å². The summed E-state index contributed by atoms with van der Waals surface area (Å²) in [5, 5.41) is 10.8. The number of halogens is 3. The molecule has 0 radical (unpaired) electrons. The van der Waals surface area contributed by atoms with Crippen molar-refractivity contribution in [3.8, 4) is 17.1 Å². The molecule has 3 aromatic rings. The Morgan fingerprint density at radius 1 is 1.08 bits per heavy atom. The largest absolute Gasteiger partial charge is 0.395 e. The van der Waals surface area contributed by atoms with Gasteiger partial charge in [0.1, 0.15) is 5.82 Å². The van der Waals surface area contributed by atoms with Crippen LogP contribution in [0.15, 0.2) is 53.1 Å². The van der Waals surface area contributed by atoms with Gasteiger partial charge < -0.3 is 5.11 Å². The van der Waals surface area contributed by atoms with Gasteiger partial charge in [-0.2, -0.15) is 0 Å². The predicted molar refractivity (Wildman–Crippen MR) is 107 cm³/mol. The van der Waals surface area contributed by atoms with Gasteiger partial charge in [0.25, 0.3) is 0 Å². The van der Waals surface area contributed by atoms with Gasteiger partial charge in [-0.05, 0) is 36.4 Å². The Kier molecular flexibility index (Phi) is 5.26. The second-order valence-electron chi connectivity index (χ2n) is 6.43. The molecular weight excluding hydrogens is 423 g/mol. The normalized spacial score (nSPS) is 11.8. The average Bonchev–Trinajstić information content (AvgIpc) is 3.01. The van der Waals surface area contributed by atoms with Gasteiger partial charge >= 0.3 is 0 Å². The lowest BCUT2D eigenvalue weighted by atomic mass is 9.91. The number of nitrogens with zero attached hydrogens (tertiary/aromatic N) is 2. The number of benzene rings is 2. The summed E-state index contributed by atoms with van der Waals surface area (Å²) in [7, 11) is 0. The van der Waals surface area contributed by atoms with E-state index in [9.17, 15) is 5.11 Å². The van der Waals surface area contributed by atoms with E-state index >= 15 is 0 Å². The summed E-state index contributed by atoms with van der Waals surface area (Å²) in [5.41, 5.74) is 1.89. The molecule has 130 valence electrons. The number of hydrogen-bond donors (Lipinski definition) is 1. The van der Waals surface area contributed by atoms with Gasteiger partial charge in [-0.3, -0.25) is 4.57 Å². The fourth-order valence-electron chi connectivity index (χ4n) is 2.47. The first-order valence-electron chi connectivity index (χ1n) is 7.74. The van der Waals surface area contributed by atoms with Gasteiger partial charge in [-0.25, -0.2) is 4.98 Å². The van der Waals surface area contributed by atoms with E-state index in [1.807, 2.05) is 48.9 Å². The van der Waals surface area contributed by atoms with Crippen molar-refractivity contribution in [3.05, 3.63) is 68.9 Å². The third-order valence-electron chi connectivity index (χ3n) is 4.09. The van der Waals surface area contributed by atoms with Crippen molar-refractivity contribution in [2.45, 2.75) is 19.3 Å². The van der Waals surface area contributed by atoms with Crippen LogP contribution in [0.1, 0.15) is 19.5 Å². The Morgan fingerprint density at radius 3 is 2.24 bits per heavy atom. The fraction of sp³-hybridized carbons (Fsp3) is 0.211. The highest BCUT2D eigenvalue weighted by Crippen LogP contribution is 2.37. The fourth-order valence-corrected chi connectivity index (χ4v) is 3.30. The standard InChI is InChI=1S/C19H17BrCl2N2O/c1-19(2,11-25)16-10-24(13-8-6-12(20)7-9-13)18(23-16)17-14(21)4-3-5-15(17)22/h3-10,25H,11H2,1-2H3. The molecule has 0 bridgehead atoms. The second kappa shape index (κ2) is 7.12. The van der Waals surface area contributed by atoms with Crippen molar-refractivity contribution in [2.24, 2.45) is 0 Å². The van der Waals surface area contributed by atoms with Crippen molar-refractivity contribution < 1.29 is 5.11 Å². The molecule has 1 heterocycles. The molecule has 0 saturated carbocycles. The van der Waals surface area contributed by atoms with Crippen molar-refractivity contribution in [2.75, 3.05) is 6.61 Å². The van der Waals surface area contributed by atoms with Crippen molar-refractivity contribution >= 4 is 39.1 Å². The summed E-state index contributed by atoms with van der Waals surface area (Å²) in [5.74, 6) is 0.648. The molecule has 0 spiro atoms. The van der Waals surface area contributed by atoms with Crippen LogP contribution in [-0.2, 0) is 5.41 Å². The molecule has 0 aliphatic carbocycles. The highest BCUT2D eigenvalue weighted by atomic mass is 79.9. The number of imidazole rings is 1. The minimum absolute atomic E-state index is 0.0138. The molecule has 0 fully saturated rings. The van der Waals surface area contributed by atoms with E-state index in [2.05, 4.69) is 15.9 Å². The van der Waals surface area contributed by atoms with E-state index in [1.54, 1.807) is 18.2 Å². The average molecular weight is 440 g/mol. The lowest BCUT2D eigenvalue weighted by Crippen LogP contribution is -2.22. The number of rotatable bonds is 4. The minimum Gasteiger partial charge on any atom is -0.395 e. The quantitative estimate of drug-likeness (QED) is 0.551. The van der Waals surface area contributed by atoms with Gasteiger partial charge in [0.2, 0.25) is 0 Å². The maximum Gasteiger partial charge on any atom is 0.147 e. The Hall–Kier alpha value is -1.33. The first kappa shape index (κ1) is 18.5. The van der Waals surface area contributed by atoms with Crippen LogP contribution >= 0.6 is 39.1 Å². The van der Waals surface area contributed by atoms with E-state index in [4.69, 9.17) is 28.2 Å². The Bertz CT molecular complexity index is 884. The van der Waals surface area contributed by atoms with Gasteiger partial charge in [0.05, 0.1) is 27.9 Å². The molecule has 0 aliphatic rings. The van der Waals surface area contributed by atoms with Crippen LogP contribution in [0, 0.1) is 0 Å². The monoisotopic (exact) mass is 438 g/mol. The Labute approximate surface area is 165 Å². The molecule has 0 atom stereocenters. The Morgan fingerprint density at radius 2 is 1.68 bits per heavy atom. The maximum atomic E-state index is 9.73. The highest BCUT2D eigenvalue weighted by molar-refractivity contribution is 9.10. The lowest BCUT2D eigenvalue weighted by Gasteiger charge is -2.18. The highest BCUT2D eigenvalue weighted by Gasteiger charge is 2.26. The van der Waals surface area contributed by atoms with E-state index in [0.29, 0.717) is 21.4 Å². The number of aromatic nitrogens is 2. The zero-order valence-electron chi connectivity index (χ0n) is 13.8. The van der Waals surface area contributed by atoms with Gasteiger partial charge in [0, 0.05) is 21.8 Å². The maximum absolute atomic E-state index is 9.73. The number of aliphatic hydroxyl groups excluding tert-OH is 1. The molecule has 0 saturated heterocycles. The van der Waals surface area contributed by atoms with E-state index in [-0.39, 0.29) is 6.61 Å². The molecule has 25 heavy (non-hydrogen) atoms. The van der Waals surface area contributed by atoms with Crippen LogP contribution in [0.4, 0.5) is 0 Å². The third kappa shape index (κ3) is 3.63. The molecule has 1 N–H and O–H groups in total. The molecule has 3 nitrogen and oxygen atoms in total. The van der Waals surface area contributed by atoms with Crippen LogP contribution in [-0.4, -0.2) is 21.3 Å².